The topological polar surface area (TPSA) is 47.9 Å². The Morgan fingerprint density at radius 3 is 1.82 bits per heavy atom. The van der Waals surface area contributed by atoms with Crippen molar-refractivity contribution in [3.05, 3.63) is 0 Å². The largest absolute Gasteiger partial charge is 0.527 e. The number of aliphatic hydroxyl groups is 1. The second-order valence-corrected chi connectivity index (χ2v) is 4.58. The molecule has 0 aliphatic heterocycles. The van der Waals surface area contributed by atoms with Crippen LogP contribution in [0.15, 0.2) is 0 Å². The molecule has 0 atom stereocenters. The Labute approximate surface area is 68.4 Å². The minimum Gasteiger partial charge on any atom is -0.392 e. The molecule has 11 heavy (non-hydrogen) atoms. The number of hydrogen-bond acceptors (Lipinski definition) is 4. The van der Waals surface area contributed by atoms with Crippen LogP contribution in [0.4, 0.5) is 0 Å². The van der Waals surface area contributed by atoms with Crippen LogP contribution in [0, 0.1) is 0 Å². The summed E-state index contributed by atoms with van der Waals surface area (Å²) in [5.41, 5.74) is 0. The van der Waals surface area contributed by atoms with Crippen LogP contribution in [0.1, 0.15) is 13.8 Å². The van der Waals surface area contributed by atoms with E-state index in [9.17, 15) is 0 Å². The Bertz CT molecular complexity index is 86.6. The van der Waals surface area contributed by atoms with E-state index in [1.54, 1.807) is 0 Å². The quantitative estimate of drug-likeness (QED) is 0.592. The Hall–Kier alpha value is 0.0569. The molecule has 0 saturated carbocycles. The van der Waals surface area contributed by atoms with Gasteiger partial charge in [0.1, 0.15) is 6.23 Å². The standard InChI is InChI=1S/C6H16O4Si/c1-4-9-11(6-7,8-3)10-5-2/h7H,4-6H2,1-3H3. The second-order valence-electron chi connectivity index (χ2n) is 1.91. The summed E-state index contributed by atoms with van der Waals surface area (Å²) in [6, 6.07) is 0. The fourth-order valence-electron chi connectivity index (χ4n) is 0.755. The molecule has 0 aromatic carbocycles. The lowest BCUT2D eigenvalue weighted by atomic mass is 10.9. The predicted molar refractivity (Wildman–Crippen MR) is 43.1 cm³/mol. The first-order valence-corrected chi connectivity index (χ1v) is 5.61. The van der Waals surface area contributed by atoms with Crippen LogP contribution >= 0.6 is 0 Å². The van der Waals surface area contributed by atoms with Crippen LogP contribution in [0.5, 0.6) is 0 Å². The monoisotopic (exact) mass is 180 g/mol. The zero-order chi connectivity index (χ0) is 8.74. The summed E-state index contributed by atoms with van der Waals surface area (Å²) in [7, 11) is -1.19. The minimum atomic E-state index is -2.69. The summed E-state index contributed by atoms with van der Waals surface area (Å²) >= 11 is 0. The smallest absolute Gasteiger partial charge is 0.392 e. The van der Waals surface area contributed by atoms with Crippen LogP contribution in [0.3, 0.4) is 0 Å². The van der Waals surface area contributed by atoms with Gasteiger partial charge < -0.3 is 18.4 Å². The van der Waals surface area contributed by atoms with Crippen molar-refractivity contribution in [2.24, 2.45) is 0 Å². The SMILES string of the molecule is CCO[Si](CO)(OC)OCC. The molecule has 0 amide bonds. The third kappa shape index (κ3) is 3.30. The summed E-state index contributed by atoms with van der Waals surface area (Å²) in [4.78, 5) is 0. The molecule has 0 unspecified atom stereocenters. The highest BCUT2D eigenvalue weighted by molar-refractivity contribution is 6.60. The highest BCUT2D eigenvalue weighted by atomic mass is 28.4. The van der Waals surface area contributed by atoms with Gasteiger partial charge in [-0.25, -0.2) is 0 Å². The molecule has 0 spiro atoms. The van der Waals surface area contributed by atoms with E-state index in [1.165, 1.54) is 7.11 Å². The highest BCUT2D eigenvalue weighted by Gasteiger charge is 2.38. The van der Waals surface area contributed by atoms with Gasteiger partial charge in [-0.2, -0.15) is 0 Å². The van der Waals surface area contributed by atoms with Crippen molar-refractivity contribution in [1.82, 2.24) is 0 Å². The van der Waals surface area contributed by atoms with Crippen LogP contribution in [0.25, 0.3) is 0 Å². The molecule has 0 heterocycles. The first kappa shape index (κ1) is 11.1. The molecule has 4 nitrogen and oxygen atoms in total. The van der Waals surface area contributed by atoms with Crippen LogP contribution in [-0.2, 0) is 13.3 Å². The molecule has 0 radical (unpaired) electrons. The summed E-state index contributed by atoms with van der Waals surface area (Å²) in [6.45, 7) is 4.69. The van der Waals surface area contributed by atoms with Gasteiger partial charge in [-0.1, -0.05) is 0 Å². The lowest BCUT2D eigenvalue weighted by Gasteiger charge is -2.24. The van der Waals surface area contributed by atoms with Gasteiger partial charge >= 0.3 is 8.80 Å². The summed E-state index contributed by atoms with van der Waals surface area (Å²) < 4.78 is 15.4. The third-order valence-corrected chi connectivity index (χ3v) is 3.70. The number of aliphatic hydroxyl groups excluding tert-OH is 1. The van der Waals surface area contributed by atoms with Crippen molar-refractivity contribution in [3.63, 3.8) is 0 Å². The minimum absolute atomic E-state index is 0.162. The van der Waals surface area contributed by atoms with E-state index < -0.39 is 8.80 Å². The average molecular weight is 180 g/mol. The van der Waals surface area contributed by atoms with Crippen molar-refractivity contribution in [2.45, 2.75) is 13.8 Å². The maximum absolute atomic E-state index is 8.93. The molecule has 0 bridgehead atoms. The Balaban J connectivity index is 3.96. The molecular weight excluding hydrogens is 164 g/mol. The zero-order valence-electron chi connectivity index (χ0n) is 7.29. The van der Waals surface area contributed by atoms with Crippen molar-refractivity contribution >= 4 is 8.80 Å². The molecular formula is C6H16O4Si. The summed E-state index contributed by atoms with van der Waals surface area (Å²) in [6.07, 6.45) is -0.162. The fraction of sp³-hybridized carbons (Fsp3) is 1.00. The van der Waals surface area contributed by atoms with Gasteiger partial charge in [0, 0.05) is 20.3 Å². The van der Waals surface area contributed by atoms with E-state index in [1.807, 2.05) is 13.8 Å². The van der Waals surface area contributed by atoms with E-state index >= 15 is 0 Å². The van der Waals surface area contributed by atoms with Crippen LogP contribution in [-0.4, -0.2) is 40.5 Å². The highest BCUT2D eigenvalue weighted by Crippen LogP contribution is 2.06. The van der Waals surface area contributed by atoms with E-state index in [0.29, 0.717) is 13.2 Å². The van der Waals surface area contributed by atoms with E-state index in [4.69, 9.17) is 18.4 Å². The lowest BCUT2D eigenvalue weighted by molar-refractivity contribution is 0.0639. The van der Waals surface area contributed by atoms with Crippen molar-refractivity contribution in [2.75, 3.05) is 26.6 Å². The molecule has 68 valence electrons. The van der Waals surface area contributed by atoms with Gasteiger partial charge in [-0.05, 0) is 13.8 Å². The predicted octanol–water partition coefficient (Wildman–Crippen LogP) is 0.176. The van der Waals surface area contributed by atoms with Gasteiger partial charge in [-0.15, -0.1) is 0 Å². The first-order valence-electron chi connectivity index (χ1n) is 3.68. The molecule has 0 aromatic heterocycles. The summed E-state index contributed by atoms with van der Waals surface area (Å²) in [5, 5.41) is 8.93. The molecule has 0 rings (SSSR count). The Kier molecular flexibility index (Phi) is 5.70. The van der Waals surface area contributed by atoms with Gasteiger partial charge in [0.05, 0.1) is 0 Å². The van der Waals surface area contributed by atoms with Gasteiger partial charge in [0.25, 0.3) is 0 Å². The molecule has 0 aliphatic rings. The number of rotatable bonds is 6. The number of hydrogen-bond donors (Lipinski definition) is 1. The van der Waals surface area contributed by atoms with Crippen molar-refractivity contribution < 1.29 is 18.4 Å². The van der Waals surface area contributed by atoms with E-state index in [2.05, 4.69) is 0 Å². The summed E-state index contributed by atoms with van der Waals surface area (Å²) in [5.74, 6) is 0. The average Bonchev–Trinajstić information content (AvgIpc) is 2.04. The molecule has 0 saturated heterocycles. The maximum Gasteiger partial charge on any atom is 0.527 e. The maximum atomic E-state index is 8.93. The molecule has 0 aromatic rings. The Morgan fingerprint density at radius 2 is 1.64 bits per heavy atom. The van der Waals surface area contributed by atoms with Gasteiger partial charge in [0.2, 0.25) is 0 Å². The molecule has 0 fully saturated rings. The second kappa shape index (κ2) is 5.67. The molecule has 0 aliphatic carbocycles. The normalized spacial score (nSPS) is 12.0. The zero-order valence-corrected chi connectivity index (χ0v) is 8.29. The van der Waals surface area contributed by atoms with E-state index in [-0.39, 0.29) is 6.23 Å². The van der Waals surface area contributed by atoms with E-state index in [0.717, 1.165) is 0 Å². The fourth-order valence-corrected chi connectivity index (χ4v) is 2.27. The van der Waals surface area contributed by atoms with Crippen LogP contribution in [0.2, 0.25) is 0 Å². The Morgan fingerprint density at radius 1 is 1.18 bits per heavy atom. The lowest BCUT2D eigenvalue weighted by Crippen LogP contribution is -2.49. The molecule has 5 heteroatoms. The van der Waals surface area contributed by atoms with Crippen molar-refractivity contribution in [3.8, 4) is 0 Å². The first-order chi connectivity index (χ1) is 5.24. The van der Waals surface area contributed by atoms with Gasteiger partial charge in [0.15, 0.2) is 0 Å². The van der Waals surface area contributed by atoms with Crippen molar-refractivity contribution in [1.29, 1.82) is 0 Å². The molecule has 1 N–H and O–H groups in total. The van der Waals surface area contributed by atoms with Gasteiger partial charge in [-0.3, -0.25) is 0 Å². The van der Waals surface area contributed by atoms with Crippen LogP contribution < -0.4 is 0 Å². The third-order valence-electron chi connectivity index (χ3n) is 1.23.